The number of methoxy groups -OCH3 is 1. The maximum Gasteiger partial charge on any atom is 0.255 e. The highest BCUT2D eigenvalue weighted by atomic mass is 32.1. The van der Waals surface area contributed by atoms with Crippen molar-refractivity contribution in [2.75, 3.05) is 17.7 Å². The van der Waals surface area contributed by atoms with Gasteiger partial charge in [-0.05, 0) is 42.5 Å². The van der Waals surface area contributed by atoms with Crippen LogP contribution in [0.5, 0.6) is 5.75 Å². The van der Waals surface area contributed by atoms with Gasteiger partial charge in [0.05, 0.1) is 12.8 Å². The fourth-order valence-electron chi connectivity index (χ4n) is 2.85. The summed E-state index contributed by atoms with van der Waals surface area (Å²) < 4.78 is 18.5. The molecule has 150 valence electrons. The lowest BCUT2D eigenvalue weighted by atomic mass is 10.1. The second-order valence-corrected chi connectivity index (χ2v) is 7.29. The number of rotatable bonds is 6. The molecule has 0 unspecified atom stereocenters. The van der Waals surface area contributed by atoms with Crippen LogP contribution in [-0.2, 0) is 0 Å². The molecule has 0 aliphatic heterocycles. The molecule has 0 saturated carbocycles. The van der Waals surface area contributed by atoms with Crippen LogP contribution >= 0.6 is 11.3 Å². The largest absolute Gasteiger partial charge is 0.497 e. The summed E-state index contributed by atoms with van der Waals surface area (Å²) in [4.78, 5) is 16.9. The van der Waals surface area contributed by atoms with Crippen molar-refractivity contribution >= 4 is 33.8 Å². The van der Waals surface area contributed by atoms with Crippen molar-refractivity contribution in [3.05, 3.63) is 89.6 Å². The third-order valence-electron chi connectivity index (χ3n) is 4.35. The molecule has 0 spiro atoms. The van der Waals surface area contributed by atoms with Gasteiger partial charge in [0.1, 0.15) is 11.6 Å². The molecule has 1 aromatic heterocycles. The van der Waals surface area contributed by atoms with Crippen LogP contribution in [0.25, 0.3) is 11.3 Å². The van der Waals surface area contributed by atoms with E-state index in [0.29, 0.717) is 5.69 Å². The Hall–Kier alpha value is -3.71. The summed E-state index contributed by atoms with van der Waals surface area (Å²) in [6.07, 6.45) is 0. The zero-order valence-corrected chi connectivity index (χ0v) is 16.9. The minimum atomic E-state index is -0.445. The molecule has 4 aromatic rings. The zero-order chi connectivity index (χ0) is 20.9. The van der Waals surface area contributed by atoms with Crippen LogP contribution in [0.2, 0.25) is 0 Å². The van der Waals surface area contributed by atoms with Gasteiger partial charge in [0.2, 0.25) is 0 Å². The fraction of sp³-hybridized carbons (Fsp3) is 0.0435. The van der Waals surface area contributed by atoms with E-state index in [1.54, 1.807) is 25.3 Å². The van der Waals surface area contributed by atoms with Crippen LogP contribution in [0.4, 0.5) is 20.9 Å². The first-order valence-electron chi connectivity index (χ1n) is 9.15. The minimum Gasteiger partial charge on any atom is -0.497 e. The van der Waals surface area contributed by atoms with Crippen LogP contribution in [0.3, 0.4) is 0 Å². The molecule has 30 heavy (non-hydrogen) atoms. The Labute approximate surface area is 177 Å². The van der Waals surface area contributed by atoms with E-state index in [2.05, 4.69) is 15.6 Å². The van der Waals surface area contributed by atoms with Crippen molar-refractivity contribution in [1.82, 2.24) is 4.98 Å². The second kappa shape index (κ2) is 8.75. The molecule has 0 atom stereocenters. The number of aromatic nitrogens is 1. The molecule has 7 heteroatoms. The predicted octanol–water partition coefficient (Wildman–Crippen LogP) is 5.95. The van der Waals surface area contributed by atoms with Crippen LogP contribution in [0.15, 0.2) is 78.2 Å². The van der Waals surface area contributed by atoms with Gasteiger partial charge >= 0.3 is 0 Å². The van der Waals surface area contributed by atoms with Gasteiger partial charge in [0.25, 0.3) is 5.91 Å². The van der Waals surface area contributed by atoms with Gasteiger partial charge < -0.3 is 15.4 Å². The lowest BCUT2D eigenvalue weighted by molar-refractivity contribution is 0.102. The van der Waals surface area contributed by atoms with Crippen LogP contribution in [-0.4, -0.2) is 18.0 Å². The lowest BCUT2D eigenvalue weighted by Gasteiger charge is -2.06. The summed E-state index contributed by atoms with van der Waals surface area (Å²) >= 11 is 1.50. The van der Waals surface area contributed by atoms with Crippen molar-refractivity contribution in [2.24, 2.45) is 0 Å². The number of anilines is 3. The number of carbonyl (C=O) groups excluding carboxylic acids is 1. The lowest BCUT2D eigenvalue weighted by Crippen LogP contribution is -2.11. The number of hydrogen-bond acceptors (Lipinski definition) is 5. The third-order valence-corrected chi connectivity index (χ3v) is 5.11. The van der Waals surface area contributed by atoms with Crippen LogP contribution < -0.4 is 15.4 Å². The topological polar surface area (TPSA) is 63.2 Å². The number of hydrogen-bond donors (Lipinski definition) is 2. The van der Waals surface area contributed by atoms with Crippen LogP contribution in [0.1, 0.15) is 10.4 Å². The highest BCUT2D eigenvalue weighted by Gasteiger charge is 2.09. The molecular weight excluding hydrogens is 401 g/mol. The normalized spacial score (nSPS) is 10.5. The molecule has 0 saturated heterocycles. The first-order chi connectivity index (χ1) is 14.6. The summed E-state index contributed by atoms with van der Waals surface area (Å²) in [7, 11) is 1.63. The smallest absolute Gasteiger partial charge is 0.255 e. The summed E-state index contributed by atoms with van der Waals surface area (Å²) in [5, 5.41) is 8.76. The quantitative estimate of drug-likeness (QED) is 0.405. The first-order valence-corrected chi connectivity index (χ1v) is 10.0. The number of carbonyl (C=O) groups is 1. The molecule has 1 heterocycles. The van der Waals surface area contributed by atoms with Gasteiger partial charge in [-0.1, -0.05) is 24.3 Å². The van der Waals surface area contributed by atoms with Crippen molar-refractivity contribution in [3.8, 4) is 17.0 Å². The number of benzene rings is 3. The van der Waals surface area contributed by atoms with E-state index in [1.165, 1.54) is 29.5 Å². The molecule has 5 nitrogen and oxygen atoms in total. The van der Waals surface area contributed by atoms with Crippen molar-refractivity contribution < 1.29 is 13.9 Å². The van der Waals surface area contributed by atoms with Crippen molar-refractivity contribution in [3.63, 3.8) is 0 Å². The van der Waals surface area contributed by atoms with E-state index in [0.717, 1.165) is 27.8 Å². The minimum absolute atomic E-state index is 0.270. The number of thiazole rings is 1. The maximum absolute atomic E-state index is 13.3. The molecule has 0 bridgehead atoms. The fourth-order valence-corrected chi connectivity index (χ4v) is 3.59. The maximum atomic E-state index is 13.3. The Morgan fingerprint density at radius 3 is 2.57 bits per heavy atom. The summed E-state index contributed by atoms with van der Waals surface area (Å²) in [6.45, 7) is 0. The van der Waals surface area contributed by atoms with E-state index >= 15 is 0 Å². The van der Waals surface area contributed by atoms with Gasteiger partial charge in [-0.2, -0.15) is 0 Å². The molecule has 0 aliphatic carbocycles. The van der Waals surface area contributed by atoms with E-state index in [-0.39, 0.29) is 11.5 Å². The number of nitrogens with zero attached hydrogens (tertiary/aromatic N) is 1. The van der Waals surface area contributed by atoms with Gasteiger partial charge in [0, 0.05) is 33.9 Å². The molecule has 4 rings (SSSR count). The van der Waals surface area contributed by atoms with E-state index in [9.17, 15) is 9.18 Å². The highest BCUT2D eigenvalue weighted by molar-refractivity contribution is 7.14. The van der Waals surface area contributed by atoms with E-state index in [4.69, 9.17) is 4.74 Å². The van der Waals surface area contributed by atoms with Gasteiger partial charge in [-0.3, -0.25) is 4.79 Å². The zero-order valence-electron chi connectivity index (χ0n) is 16.1. The van der Waals surface area contributed by atoms with Gasteiger partial charge in [-0.25, -0.2) is 9.37 Å². The summed E-state index contributed by atoms with van der Waals surface area (Å²) in [5.41, 5.74) is 3.54. The number of nitrogens with one attached hydrogen (secondary N) is 2. The summed E-state index contributed by atoms with van der Waals surface area (Å²) in [6, 6.07) is 20.6. The Kier molecular flexibility index (Phi) is 5.72. The molecule has 0 aliphatic rings. The van der Waals surface area contributed by atoms with Crippen molar-refractivity contribution in [1.29, 1.82) is 0 Å². The number of amides is 1. The number of ether oxygens (including phenoxy) is 1. The van der Waals surface area contributed by atoms with Crippen LogP contribution in [0, 0.1) is 5.82 Å². The first kappa shape index (κ1) is 19.6. The molecular formula is C23H18FN3O2S. The molecule has 1 amide bonds. The standard InChI is InChI=1S/C23H18FN3O2S/c1-29-20-7-3-6-19(13-20)26-23-27-21(14-30-23)15-8-10-18(11-9-15)25-22(28)16-4-2-5-17(24)12-16/h2-14H,1H3,(H,25,28)(H,26,27). The predicted molar refractivity (Wildman–Crippen MR) is 118 cm³/mol. The Balaban J connectivity index is 1.43. The van der Waals surface area contributed by atoms with Crippen molar-refractivity contribution in [2.45, 2.75) is 0 Å². The molecule has 0 fully saturated rings. The Bertz CT molecular complexity index is 1180. The Morgan fingerprint density at radius 1 is 1.00 bits per heavy atom. The average Bonchev–Trinajstić information content (AvgIpc) is 3.23. The second-order valence-electron chi connectivity index (χ2n) is 6.44. The SMILES string of the molecule is COc1cccc(Nc2nc(-c3ccc(NC(=O)c4cccc(F)c4)cc3)cs2)c1. The monoisotopic (exact) mass is 419 g/mol. The van der Waals surface area contributed by atoms with E-state index in [1.807, 2.05) is 41.8 Å². The Morgan fingerprint density at radius 2 is 1.80 bits per heavy atom. The molecule has 2 N–H and O–H groups in total. The number of halogens is 1. The highest BCUT2D eigenvalue weighted by Crippen LogP contribution is 2.29. The van der Waals surface area contributed by atoms with E-state index < -0.39 is 5.82 Å². The summed E-state index contributed by atoms with van der Waals surface area (Å²) in [5.74, 6) is -0.0340. The van der Waals surface area contributed by atoms with Gasteiger partial charge in [0.15, 0.2) is 5.13 Å². The van der Waals surface area contributed by atoms with Gasteiger partial charge in [-0.15, -0.1) is 11.3 Å². The molecule has 3 aromatic carbocycles. The average molecular weight is 419 g/mol. The molecule has 0 radical (unpaired) electrons. The third kappa shape index (κ3) is 4.64.